The number of aryl methyl sites for hydroxylation is 1. The van der Waals surface area contributed by atoms with Gasteiger partial charge in [0.25, 0.3) is 0 Å². The third-order valence-corrected chi connectivity index (χ3v) is 4.51. The van der Waals surface area contributed by atoms with E-state index in [-0.39, 0.29) is 0 Å². The molecular weight excluding hydrogens is 286 g/mol. The summed E-state index contributed by atoms with van der Waals surface area (Å²) >= 11 is 0. The first-order valence-corrected chi connectivity index (χ1v) is 8.55. The Morgan fingerprint density at radius 1 is 1.24 bits per heavy atom. The molecule has 0 radical (unpaired) electrons. The van der Waals surface area contributed by atoms with Crippen molar-refractivity contribution < 1.29 is 13.7 Å². The van der Waals surface area contributed by atoms with Gasteiger partial charge in [0.15, 0.2) is 16.8 Å². The van der Waals surface area contributed by atoms with Crippen LogP contribution in [0.3, 0.4) is 0 Å². The van der Waals surface area contributed by atoms with Crippen LogP contribution in [0.1, 0.15) is 38.2 Å². The van der Waals surface area contributed by atoms with Crippen molar-refractivity contribution in [2.75, 3.05) is 13.2 Å². The molecule has 1 aliphatic rings. The molecule has 116 valence electrons. The number of hydrogen-bond acceptors (Lipinski definition) is 3. The molecule has 0 aliphatic carbocycles. The summed E-state index contributed by atoms with van der Waals surface area (Å²) in [6.07, 6.45) is 5.10. The normalized spacial score (nSPS) is 19.1. The van der Waals surface area contributed by atoms with Gasteiger partial charge in [0.2, 0.25) is 0 Å². The van der Waals surface area contributed by atoms with Crippen LogP contribution < -0.4 is 0 Å². The number of ether oxygens (including phenoxy) is 2. The molecular formula is C16H23NO3S. The molecule has 1 heterocycles. The van der Waals surface area contributed by atoms with Gasteiger partial charge < -0.3 is 9.47 Å². The van der Waals surface area contributed by atoms with Crippen LogP contribution in [0, 0.1) is 6.92 Å². The summed E-state index contributed by atoms with van der Waals surface area (Å²) in [6, 6.07) is 7.59. The van der Waals surface area contributed by atoms with E-state index in [0.29, 0.717) is 19.6 Å². The fourth-order valence-electron chi connectivity index (χ4n) is 2.41. The maximum absolute atomic E-state index is 12.0. The van der Waals surface area contributed by atoms with Crippen LogP contribution in [-0.4, -0.2) is 29.4 Å². The van der Waals surface area contributed by atoms with E-state index < -0.39 is 16.8 Å². The smallest absolute Gasteiger partial charge is 0.172 e. The van der Waals surface area contributed by atoms with Gasteiger partial charge in [0, 0.05) is 19.1 Å². The van der Waals surface area contributed by atoms with Gasteiger partial charge in [-0.2, -0.15) is 4.40 Å². The number of hydrogen-bond donors (Lipinski definition) is 0. The largest absolute Gasteiger partial charge is 0.348 e. The SMILES string of the molecule is CCCC1(CCC=NS(=O)c2ccc(C)cc2)OCCO1. The van der Waals surface area contributed by atoms with Gasteiger partial charge in [-0.25, -0.2) is 4.21 Å². The molecule has 1 aromatic carbocycles. The highest BCUT2D eigenvalue weighted by atomic mass is 32.2. The zero-order chi connectivity index (χ0) is 15.1. The van der Waals surface area contributed by atoms with Crippen molar-refractivity contribution in [3.05, 3.63) is 29.8 Å². The van der Waals surface area contributed by atoms with E-state index in [0.717, 1.165) is 29.7 Å². The molecule has 4 nitrogen and oxygen atoms in total. The van der Waals surface area contributed by atoms with Crippen molar-refractivity contribution in [2.45, 2.75) is 50.2 Å². The molecule has 0 aromatic heterocycles. The van der Waals surface area contributed by atoms with E-state index in [1.54, 1.807) is 6.21 Å². The third-order valence-electron chi connectivity index (χ3n) is 3.49. The van der Waals surface area contributed by atoms with Crippen molar-refractivity contribution >= 4 is 17.2 Å². The van der Waals surface area contributed by atoms with Gasteiger partial charge in [-0.15, -0.1) is 0 Å². The van der Waals surface area contributed by atoms with Crippen molar-refractivity contribution in [3.8, 4) is 0 Å². The lowest BCUT2D eigenvalue weighted by atomic mass is 10.1. The van der Waals surface area contributed by atoms with Crippen LogP contribution in [-0.2, 0) is 20.5 Å². The van der Waals surface area contributed by atoms with Crippen molar-refractivity contribution in [1.29, 1.82) is 0 Å². The predicted molar refractivity (Wildman–Crippen MR) is 84.9 cm³/mol. The molecule has 1 aromatic rings. The highest BCUT2D eigenvalue weighted by molar-refractivity contribution is 7.83. The minimum Gasteiger partial charge on any atom is -0.348 e. The first-order chi connectivity index (χ1) is 10.2. The lowest BCUT2D eigenvalue weighted by Gasteiger charge is -2.26. The van der Waals surface area contributed by atoms with Crippen LogP contribution in [0.5, 0.6) is 0 Å². The Morgan fingerprint density at radius 3 is 2.52 bits per heavy atom. The summed E-state index contributed by atoms with van der Waals surface area (Å²) < 4.78 is 27.6. The van der Waals surface area contributed by atoms with E-state index in [1.165, 1.54) is 0 Å². The van der Waals surface area contributed by atoms with Crippen LogP contribution in [0.2, 0.25) is 0 Å². The third kappa shape index (κ3) is 4.73. The van der Waals surface area contributed by atoms with Crippen LogP contribution in [0.25, 0.3) is 0 Å². The Bertz CT molecular complexity index is 493. The lowest BCUT2D eigenvalue weighted by Crippen LogP contribution is -2.29. The molecule has 1 saturated heterocycles. The highest BCUT2D eigenvalue weighted by Crippen LogP contribution is 2.29. The summed E-state index contributed by atoms with van der Waals surface area (Å²) in [7, 11) is -1.32. The second kappa shape index (κ2) is 7.82. The summed E-state index contributed by atoms with van der Waals surface area (Å²) in [5.74, 6) is -0.452. The minimum absolute atomic E-state index is 0.452. The number of nitrogens with zero attached hydrogens (tertiary/aromatic N) is 1. The topological polar surface area (TPSA) is 47.9 Å². The maximum Gasteiger partial charge on any atom is 0.172 e. The van der Waals surface area contributed by atoms with Gasteiger partial charge in [-0.05, 0) is 25.5 Å². The molecule has 0 bridgehead atoms. The molecule has 0 amide bonds. The number of rotatable bonds is 7. The van der Waals surface area contributed by atoms with Crippen molar-refractivity contribution in [2.24, 2.45) is 4.40 Å². The lowest BCUT2D eigenvalue weighted by molar-refractivity contribution is -0.165. The average Bonchev–Trinajstić information content (AvgIpc) is 2.93. The molecule has 2 rings (SSSR count). The Hall–Kier alpha value is -1.04. The molecule has 5 heteroatoms. The molecule has 1 aliphatic heterocycles. The Balaban J connectivity index is 1.84. The second-order valence-electron chi connectivity index (χ2n) is 5.25. The molecule has 1 atom stereocenters. The van der Waals surface area contributed by atoms with Gasteiger partial charge in [0.1, 0.15) is 0 Å². The predicted octanol–water partition coefficient (Wildman–Crippen LogP) is 3.41. The standard InChI is InChI=1S/C16H23NO3S/c1-3-9-16(19-12-13-20-16)10-4-11-17-21(18)15-7-5-14(2)6-8-15/h5-8,11H,3-4,9-10,12-13H2,1-2H3. The summed E-state index contributed by atoms with van der Waals surface area (Å²) in [6.45, 7) is 5.44. The first-order valence-electron chi connectivity index (χ1n) is 7.44. The van der Waals surface area contributed by atoms with Crippen molar-refractivity contribution in [3.63, 3.8) is 0 Å². The fraction of sp³-hybridized carbons (Fsp3) is 0.562. The van der Waals surface area contributed by atoms with E-state index in [1.807, 2.05) is 31.2 Å². The molecule has 0 saturated carbocycles. The Kier molecular flexibility index (Phi) is 6.08. The fourth-order valence-corrected chi connectivity index (χ4v) is 3.14. The summed E-state index contributed by atoms with van der Waals surface area (Å²) in [5, 5.41) is 0. The van der Waals surface area contributed by atoms with Gasteiger partial charge in [-0.3, -0.25) is 0 Å². The Labute approximate surface area is 129 Å². The highest BCUT2D eigenvalue weighted by Gasteiger charge is 2.34. The summed E-state index contributed by atoms with van der Waals surface area (Å²) in [4.78, 5) is 0.730. The van der Waals surface area contributed by atoms with E-state index >= 15 is 0 Å². The van der Waals surface area contributed by atoms with Crippen molar-refractivity contribution in [1.82, 2.24) is 0 Å². The van der Waals surface area contributed by atoms with Crippen LogP contribution >= 0.6 is 0 Å². The number of benzene rings is 1. The average molecular weight is 309 g/mol. The van der Waals surface area contributed by atoms with Gasteiger partial charge in [-0.1, -0.05) is 31.0 Å². The Morgan fingerprint density at radius 2 is 1.90 bits per heavy atom. The molecule has 0 spiro atoms. The van der Waals surface area contributed by atoms with E-state index in [9.17, 15) is 4.21 Å². The molecule has 21 heavy (non-hydrogen) atoms. The van der Waals surface area contributed by atoms with Gasteiger partial charge in [0.05, 0.1) is 18.1 Å². The van der Waals surface area contributed by atoms with Crippen LogP contribution in [0.4, 0.5) is 0 Å². The second-order valence-corrected chi connectivity index (χ2v) is 6.43. The molecule has 0 N–H and O–H groups in total. The van der Waals surface area contributed by atoms with E-state index in [2.05, 4.69) is 11.3 Å². The van der Waals surface area contributed by atoms with Crippen LogP contribution in [0.15, 0.2) is 33.6 Å². The van der Waals surface area contributed by atoms with Gasteiger partial charge >= 0.3 is 0 Å². The summed E-state index contributed by atoms with van der Waals surface area (Å²) in [5.41, 5.74) is 1.15. The zero-order valence-corrected chi connectivity index (χ0v) is 13.5. The minimum atomic E-state index is -1.32. The zero-order valence-electron chi connectivity index (χ0n) is 12.7. The first kappa shape index (κ1) is 16.3. The maximum atomic E-state index is 12.0. The molecule has 1 unspecified atom stereocenters. The monoisotopic (exact) mass is 309 g/mol. The quantitative estimate of drug-likeness (QED) is 0.725. The molecule has 1 fully saturated rings. The van der Waals surface area contributed by atoms with E-state index in [4.69, 9.17) is 9.47 Å².